The quantitative estimate of drug-likeness (QED) is 0.835. The number of nitrogens with two attached hydrogens (primary N) is 1. The first-order chi connectivity index (χ1) is 8.54. The molecule has 0 saturated heterocycles. The molecular formula is C13H19FN2O2. The fourth-order valence-electron chi connectivity index (χ4n) is 1.58. The van der Waals surface area contributed by atoms with Crippen molar-refractivity contribution in [3.8, 4) is 5.75 Å². The molecule has 100 valence electrons. The molecule has 0 aliphatic carbocycles. The molecule has 0 aliphatic rings. The van der Waals surface area contributed by atoms with Crippen molar-refractivity contribution in [3.63, 3.8) is 0 Å². The maximum atomic E-state index is 12.7. The lowest BCUT2D eigenvalue weighted by molar-refractivity contribution is -0.131. The molecule has 1 aromatic carbocycles. The molecule has 0 bridgehead atoms. The van der Waals surface area contributed by atoms with E-state index in [1.807, 2.05) is 13.8 Å². The standard InChI is InChI=1S/C13H19FN2O2/c1-10(2)16(13(17)9-15)7-8-18-12-5-3-11(14)4-6-12/h3-6,10H,7-9,15H2,1-2H3. The number of ether oxygens (including phenoxy) is 1. The van der Waals surface area contributed by atoms with Crippen LogP contribution in [-0.2, 0) is 4.79 Å². The number of benzene rings is 1. The highest BCUT2D eigenvalue weighted by atomic mass is 19.1. The van der Waals surface area contributed by atoms with Crippen LogP contribution in [0, 0.1) is 5.82 Å². The van der Waals surface area contributed by atoms with E-state index in [2.05, 4.69) is 0 Å². The molecule has 18 heavy (non-hydrogen) atoms. The summed E-state index contributed by atoms with van der Waals surface area (Å²) in [5, 5.41) is 0. The number of hydrogen-bond acceptors (Lipinski definition) is 3. The van der Waals surface area contributed by atoms with E-state index in [1.54, 1.807) is 17.0 Å². The van der Waals surface area contributed by atoms with Crippen molar-refractivity contribution < 1.29 is 13.9 Å². The predicted molar refractivity (Wildman–Crippen MR) is 67.8 cm³/mol. The largest absolute Gasteiger partial charge is 0.492 e. The van der Waals surface area contributed by atoms with E-state index in [1.165, 1.54) is 12.1 Å². The zero-order valence-corrected chi connectivity index (χ0v) is 10.7. The minimum atomic E-state index is -0.301. The zero-order chi connectivity index (χ0) is 13.5. The summed E-state index contributed by atoms with van der Waals surface area (Å²) in [6, 6.07) is 5.86. The zero-order valence-electron chi connectivity index (χ0n) is 10.7. The number of rotatable bonds is 6. The second kappa shape index (κ2) is 6.96. The Morgan fingerprint density at radius 1 is 1.39 bits per heavy atom. The summed E-state index contributed by atoms with van der Waals surface area (Å²) >= 11 is 0. The van der Waals surface area contributed by atoms with Crippen LogP contribution in [0.25, 0.3) is 0 Å². The first kappa shape index (κ1) is 14.4. The number of amides is 1. The number of carbonyl (C=O) groups excluding carboxylic acids is 1. The third-order valence-corrected chi connectivity index (χ3v) is 2.53. The first-order valence-corrected chi connectivity index (χ1v) is 5.92. The molecule has 0 atom stereocenters. The van der Waals surface area contributed by atoms with Gasteiger partial charge in [-0.1, -0.05) is 0 Å². The monoisotopic (exact) mass is 254 g/mol. The summed E-state index contributed by atoms with van der Waals surface area (Å²) in [5.41, 5.74) is 5.34. The third kappa shape index (κ3) is 4.33. The fraction of sp³-hybridized carbons (Fsp3) is 0.462. The minimum Gasteiger partial charge on any atom is -0.492 e. The Labute approximate surface area is 107 Å². The molecule has 4 nitrogen and oxygen atoms in total. The molecule has 0 aromatic heterocycles. The van der Waals surface area contributed by atoms with Crippen molar-refractivity contribution in [1.29, 1.82) is 0 Å². The summed E-state index contributed by atoms with van der Waals surface area (Å²) in [6.45, 7) is 4.66. The van der Waals surface area contributed by atoms with Gasteiger partial charge < -0.3 is 15.4 Å². The topological polar surface area (TPSA) is 55.6 Å². The van der Waals surface area contributed by atoms with E-state index >= 15 is 0 Å². The highest BCUT2D eigenvalue weighted by Crippen LogP contribution is 2.11. The van der Waals surface area contributed by atoms with Gasteiger partial charge in [0.05, 0.1) is 13.1 Å². The Morgan fingerprint density at radius 2 is 2.00 bits per heavy atom. The molecule has 0 unspecified atom stereocenters. The van der Waals surface area contributed by atoms with Gasteiger partial charge in [-0.05, 0) is 38.1 Å². The van der Waals surface area contributed by atoms with Gasteiger partial charge in [-0.25, -0.2) is 4.39 Å². The summed E-state index contributed by atoms with van der Waals surface area (Å²) in [5.74, 6) is 0.178. The van der Waals surface area contributed by atoms with E-state index in [-0.39, 0.29) is 24.3 Å². The number of hydrogen-bond donors (Lipinski definition) is 1. The van der Waals surface area contributed by atoms with Gasteiger partial charge in [-0.3, -0.25) is 4.79 Å². The van der Waals surface area contributed by atoms with Crippen LogP contribution in [0.1, 0.15) is 13.8 Å². The van der Waals surface area contributed by atoms with Crippen molar-refractivity contribution >= 4 is 5.91 Å². The highest BCUT2D eigenvalue weighted by Gasteiger charge is 2.14. The summed E-state index contributed by atoms with van der Waals surface area (Å²) in [6.07, 6.45) is 0. The normalized spacial score (nSPS) is 10.5. The van der Waals surface area contributed by atoms with Crippen LogP contribution in [0.15, 0.2) is 24.3 Å². The summed E-state index contributed by atoms with van der Waals surface area (Å²) in [4.78, 5) is 13.2. The highest BCUT2D eigenvalue weighted by molar-refractivity contribution is 5.78. The third-order valence-electron chi connectivity index (χ3n) is 2.53. The van der Waals surface area contributed by atoms with Crippen molar-refractivity contribution in [3.05, 3.63) is 30.1 Å². The Hall–Kier alpha value is -1.62. The predicted octanol–water partition coefficient (Wildman–Crippen LogP) is 1.40. The summed E-state index contributed by atoms with van der Waals surface area (Å²) in [7, 11) is 0. The van der Waals surface area contributed by atoms with Crippen LogP contribution in [-0.4, -0.2) is 36.5 Å². The van der Waals surface area contributed by atoms with Crippen LogP contribution < -0.4 is 10.5 Å². The first-order valence-electron chi connectivity index (χ1n) is 5.92. The van der Waals surface area contributed by atoms with Crippen molar-refractivity contribution in [1.82, 2.24) is 4.90 Å². The van der Waals surface area contributed by atoms with E-state index in [0.29, 0.717) is 18.9 Å². The molecule has 5 heteroatoms. The lowest BCUT2D eigenvalue weighted by Crippen LogP contribution is -2.43. The van der Waals surface area contributed by atoms with Gasteiger partial charge in [0.2, 0.25) is 5.91 Å². The second-order valence-corrected chi connectivity index (χ2v) is 4.19. The molecule has 1 rings (SSSR count). The van der Waals surface area contributed by atoms with Gasteiger partial charge in [-0.2, -0.15) is 0 Å². The van der Waals surface area contributed by atoms with Crippen molar-refractivity contribution in [2.75, 3.05) is 19.7 Å². The van der Waals surface area contributed by atoms with Crippen molar-refractivity contribution in [2.45, 2.75) is 19.9 Å². The molecule has 0 fully saturated rings. The van der Waals surface area contributed by atoms with Gasteiger partial charge in [0.1, 0.15) is 18.2 Å². The molecule has 2 N–H and O–H groups in total. The smallest absolute Gasteiger partial charge is 0.236 e. The van der Waals surface area contributed by atoms with Crippen LogP contribution in [0.3, 0.4) is 0 Å². The minimum absolute atomic E-state index is 0.00523. The number of halogens is 1. The maximum absolute atomic E-state index is 12.7. The SMILES string of the molecule is CC(C)N(CCOc1ccc(F)cc1)C(=O)CN. The van der Waals surface area contributed by atoms with E-state index in [9.17, 15) is 9.18 Å². The van der Waals surface area contributed by atoms with Crippen LogP contribution >= 0.6 is 0 Å². The molecular weight excluding hydrogens is 235 g/mol. The fourth-order valence-corrected chi connectivity index (χ4v) is 1.58. The van der Waals surface area contributed by atoms with E-state index in [4.69, 9.17) is 10.5 Å². The molecule has 0 radical (unpaired) electrons. The van der Waals surface area contributed by atoms with Crippen LogP contribution in [0.4, 0.5) is 4.39 Å². The lowest BCUT2D eigenvalue weighted by Gasteiger charge is -2.26. The van der Waals surface area contributed by atoms with E-state index in [0.717, 1.165) is 0 Å². The van der Waals surface area contributed by atoms with Gasteiger partial charge in [0.15, 0.2) is 0 Å². The number of nitrogens with zero attached hydrogens (tertiary/aromatic N) is 1. The summed E-state index contributed by atoms with van der Waals surface area (Å²) < 4.78 is 18.1. The lowest BCUT2D eigenvalue weighted by atomic mass is 10.3. The van der Waals surface area contributed by atoms with Crippen LogP contribution in [0.2, 0.25) is 0 Å². The Balaban J connectivity index is 2.43. The molecule has 1 amide bonds. The Morgan fingerprint density at radius 3 is 2.50 bits per heavy atom. The molecule has 0 saturated carbocycles. The van der Waals surface area contributed by atoms with Crippen LogP contribution in [0.5, 0.6) is 5.75 Å². The average molecular weight is 254 g/mol. The van der Waals surface area contributed by atoms with Gasteiger partial charge in [0, 0.05) is 6.04 Å². The van der Waals surface area contributed by atoms with Gasteiger partial charge in [0.25, 0.3) is 0 Å². The Kier molecular flexibility index (Phi) is 5.58. The van der Waals surface area contributed by atoms with Gasteiger partial charge in [-0.15, -0.1) is 0 Å². The molecule has 0 spiro atoms. The van der Waals surface area contributed by atoms with E-state index < -0.39 is 0 Å². The van der Waals surface area contributed by atoms with Gasteiger partial charge >= 0.3 is 0 Å². The van der Waals surface area contributed by atoms with Crippen molar-refractivity contribution in [2.24, 2.45) is 5.73 Å². The molecule has 0 aliphatic heterocycles. The molecule has 0 heterocycles. The number of carbonyl (C=O) groups is 1. The average Bonchev–Trinajstić information content (AvgIpc) is 2.35. The maximum Gasteiger partial charge on any atom is 0.236 e. The molecule has 1 aromatic rings. The second-order valence-electron chi connectivity index (χ2n) is 4.19. The Bertz CT molecular complexity index is 379.